The molecule has 6 heteroatoms. The molecular formula is C35H34O6. The Morgan fingerprint density at radius 3 is 1.93 bits per heavy atom. The molecule has 0 bridgehead atoms. The van der Waals surface area contributed by atoms with Gasteiger partial charge in [-0.1, -0.05) is 50.1 Å². The Balaban J connectivity index is 1.71. The third-order valence-corrected chi connectivity index (χ3v) is 7.13. The van der Waals surface area contributed by atoms with Gasteiger partial charge in [0.15, 0.2) is 0 Å². The second kappa shape index (κ2) is 12.2. The van der Waals surface area contributed by atoms with E-state index in [9.17, 15) is 14.4 Å². The van der Waals surface area contributed by atoms with Gasteiger partial charge in [0.25, 0.3) is 0 Å². The average molecular weight is 551 g/mol. The van der Waals surface area contributed by atoms with E-state index in [1.165, 1.54) is 23.3 Å². The van der Waals surface area contributed by atoms with E-state index in [0.29, 0.717) is 6.61 Å². The molecule has 0 fully saturated rings. The van der Waals surface area contributed by atoms with Gasteiger partial charge in [-0.2, -0.15) is 0 Å². The van der Waals surface area contributed by atoms with Crippen molar-refractivity contribution in [2.45, 2.75) is 46.5 Å². The van der Waals surface area contributed by atoms with Crippen LogP contribution < -0.4 is 9.47 Å². The zero-order valence-corrected chi connectivity index (χ0v) is 24.0. The number of hydrogen-bond donors (Lipinski definition) is 0. The lowest BCUT2D eigenvalue weighted by Gasteiger charge is -2.17. The molecule has 0 saturated heterocycles. The lowest BCUT2D eigenvalue weighted by Crippen LogP contribution is -2.10. The maximum Gasteiger partial charge on any atom is 0.338 e. The Labute approximate surface area is 241 Å². The molecule has 210 valence electrons. The van der Waals surface area contributed by atoms with Crippen molar-refractivity contribution in [3.05, 3.63) is 108 Å². The van der Waals surface area contributed by atoms with Gasteiger partial charge in [0.05, 0.1) is 6.61 Å². The third-order valence-electron chi connectivity index (χ3n) is 7.13. The first-order chi connectivity index (χ1) is 19.5. The summed E-state index contributed by atoms with van der Waals surface area (Å²) in [5.74, 6) is -0.924. The van der Waals surface area contributed by atoms with E-state index in [0.717, 1.165) is 46.2 Å². The molecule has 3 aromatic rings. The summed E-state index contributed by atoms with van der Waals surface area (Å²) in [4.78, 5) is 36.1. The number of fused-ring (bicyclic) bond motifs is 1. The minimum absolute atomic E-state index is 0.152. The lowest BCUT2D eigenvalue weighted by atomic mass is 9.90. The summed E-state index contributed by atoms with van der Waals surface area (Å²) in [7, 11) is 0. The van der Waals surface area contributed by atoms with Crippen molar-refractivity contribution >= 4 is 17.9 Å². The van der Waals surface area contributed by atoms with Crippen molar-refractivity contribution in [1.82, 2.24) is 0 Å². The van der Waals surface area contributed by atoms with Gasteiger partial charge in [-0.15, -0.1) is 0 Å². The van der Waals surface area contributed by atoms with Crippen LogP contribution in [0.4, 0.5) is 0 Å². The van der Waals surface area contributed by atoms with E-state index in [4.69, 9.17) is 14.2 Å². The van der Waals surface area contributed by atoms with Crippen LogP contribution in [0.1, 0.15) is 48.4 Å². The number of esters is 3. The van der Waals surface area contributed by atoms with Crippen LogP contribution in [0.5, 0.6) is 11.5 Å². The van der Waals surface area contributed by atoms with Crippen molar-refractivity contribution in [2.75, 3.05) is 6.61 Å². The van der Waals surface area contributed by atoms with Gasteiger partial charge in [-0.25, -0.2) is 14.4 Å². The molecule has 3 aromatic carbocycles. The molecule has 0 amide bonds. The summed E-state index contributed by atoms with van der Waals surface area (Å²) in [5, 5.41) is 0. The number of hydrogen-bond acceptors (Lipinski definition) is 6. The molecule has 0 radical (unpaired) electrons. The van der Waals surface area contributed by atoms with Crippen LogP contribution >= 0.6 is 0 Å². The second-order valence-electron chi connectivity index (χ2n) is 10.5. The highest BCUT2D eigenvalue weighted by Gasteiger charge is 2.24. The maximum absolute atomic E-state index is 12.2. The highest BCUT2D eigenvalue weighted by Crippen LogP contribution is 2.39. The molecule has 0 aliphatic heterocycles. The molecule has 1 atom stereocenters. The Morgan fingerprint density at radius 2 is 1.39 bits per heavy atom. The SMILES string of the molecule is C=CC(=O)OCC1CCc2ccc(-c3cc(C)c(-c4cc(OC(=O)C(=C)C)cc(OC(=O)C(=C)C)c4)cc3C)cc21. The second-order valence-corrected chi connectivity index (χ2v) is 10.5. The van der Waals surface area contributed by atoms with Crippen molar-refractivity contribution in [3.63, 3.8) is 0 Å². The fraction of sp³-hybridized carbons (Fsp3) is 0.229. The smallest absolute Gasteiger partial charge is 0.338 e. The summed E-state index contributed by atoms with van der Waals surface area (Å²) in [6, 6.07) is 15.7. The highest BCUT2D eigenvalue weighted by molar-refractivity contribution is 5.90. The molecule has 0 saturated carbocycles. The minimum atomic E-state index is -0.572. The largest absolute Gasteiger partial charge is 0.462 e. The first kappa shape index (κ1) is 29.3. The number of carbonyl (C=O) groups is 3. The molecule has 1 aliphatic rings. The summed E-state index contributed by atoms with van der Waals surface area (Å²) >= 11 is 0. The Hall–Kier alpha value is -4.71. The number of benzene rings is 3. The van der Waals surface area contributed by atoms with Gasteiger partial charge in [0, 0.05) is 29.2 Å². The number of ether oxygens (including phenoxy) is 3. The predicted octanol–water partition coefficient (Wildman–Crippen LogP) is 7.36. The maximum atomic E-state index is 12.2. The number of aryl methyl sites for hydroxylation is 3. The van der Waals surface area contributed by atoms with Gasteiger partial charge in [0.1, 0.15) is 11.5 Å². The Morgan fingerprint density at radius 1 is 0.829 bits per heavy atom. The molecule has 0 spiro atoms. The van der Waals surface area contributed by atoms with Crippen LogP contribution in [0.3, 0.4) is 0 Å². The van der Waals surface area contributed by atoms with Crippen LogP contribution in [-0.4, -0.2) is 24.5 Å². The van der Waals surface area contributed by atoms with E-state index in [1.54, 1.807) is 26.0 Å². The van der Waals surface area contributed by atoms with E-state index in [-0.39, 0.29) is 28.6 Å². The first-order valence-electron chi connectivity index (χ1n) is 13.4. The molecular weight excluding hydrogens is 516 g/mol. The summed E-state index contributed by atoms with van der Waals surface area (Å²) in [6.07, 6.45) is 3.08. The standard InChI is InChI=1S/C35H34O6/c1-8-33(36)39-19-26-12-10-24-9-11-25(17-32(24)26)30-13-23(7)31(14-22(30)6)27-15-28(40-34(37)20(2)3)18-29(16-27)41-35(38)21(4)5/h8-9,11,13-18,26H,1-2,4,10,12,19H2,3,5-7H3. The number of carbonyl (C=O) groups excluding carboxylic acids is 3. The van der Waals surface area contributed by atoms with Crippen molar-refractivity contribution in [3.8, 4) is 33.8 Å². The molecule has 0 aromatic heterocycles. The molecule has 1 aliphatic carbocycles. The van der Waals surface area contributed by atoms with Crippen molar-refractivity contribution in [1.29, 1.82) is 0 Å². The van der Waals surface area contributed by atoms with Crippen molar-refractivity contribution in [2.24, 2.45) is 0 Å². The summed E-state index contributed by atoms with van der Waals surface area (Å²) in [5.41, 5.74) is 8.82. The molecule has 0 heterocycles. The van der Waals surface area contributed by atoms with E-state index in [2.05, 4.69) is 50.1 Å². The molecule has 6 nitrogen and oxygen atoms in total. The summed E-state index contributed by atoms with van der Waals surface area (Å²) < 4.78 is 16.3. The van der Waals surface area contributed by atoms with Crippen molar-refractivity contribution < 1.29 is 28.6 Å². The van der Waals surface area contributed by atoms with Crippen LogP contribution in [0.15, 0.2) is 85.5 Å². The van der Waals surface area contributed by atoms with E-state index >= 15 is 0 Å². The lowest BCUT2D eigenvalue weighted by molar-refractivity contribution is -0.138. The average Bonchev–Trinajstić information content (AvgIpc) is 3.34. The fourth-order valence-corrected chi connectivity index (χ4v) is 4.94. The van der Waals surface area contributed by atoms with Gasteiger partial charge in [0.2, 0.25) is 0 Å². The van der Waals surface area contributed by atoms with Gasteiger partial charge in [-0.3, -0.25) is 0 Å². The third kappa shape index (κ3) is 6.72. The van der Waals surface area contributed by atoms with Crippen LogP contribution in [0, 0.1) is 13.8 Å². The quantitative estimate of drug-likeness (QED) is 0.157. The first-order valence-corrected chi connectivity index (χ1v) is 13.4. The predicted molar refractivity (Wildman–Crippen MR) is 160 cm³/mol. The normalized spacial score (nSPS) is 13.6. The van der Waals surface area contributed by atoms with Gasteiger partial charge >= 0.3 is 17.9 Å². The molecule has 0 N–H and O–H groups in total. The molecule has 4 rings (SSSR count). The highest BCUT2D eigenvalue weighted by atomic mass is 16.5. The van der Waals surface area contributed by atoms with Crippen LogP contribution in [0.2, 0.25) is 0 Å². The van der Waals surface area contributed by atoms with E-state index < -0.39 is 17.9 Å². The van der Waals surface area contributed by atoms with Crippen LogP contribution in [0.25, 0.3) is 22.3 Å². The van der Waals surface area contributed by atoms with Gasteiger partial charge in [-0.05, 0) is 97.2 Å². The topological polar surface area (TPSA) is 78.9 Å². The Kier molecular flexibility index (Phi) is 8.72. The molecule has 41 heavy (non-hydrogen) atoms. The number of rotatable bonds is 9. The van der Waals surface area contributed by atoms with Crippen LogP contribution in [-0.2, 0) is 25.5 Å². The van der Waals surface area contributed by atoms with Gasteiger partial charge < -0.3 is 14.2 Å². The summed E-state index contributed by atoms with van der Waals surface area (Å²) in [6.45, 7) is 18.3. The Bertz CT molecular complexity index is 1550. The fourth-order valence-electron chi connectivity index (χ4n) is 4.94. The molecule has 1 unspecified atom stereocenters. The zero-order valence-electron chi connectivity index (χ0n) is 24.0. The zero-order chi connectivity index (χ0) is 29.8. The monoisotopic (exact) mass is 550 g/mol. The van der Waals surface area contributed by atoms with E-state index in [1.807, 2.05) is 13.8 Å². The minimum Gasteiger partial charge on any atom is -0.462 e.